The summed E-state index contributed by atoms with van der Waals surface area (Å²) in [6, 6.07) is 3.97. The highest BCUT2D eigenvalue weighted by Gasteiger charge is 2.19. The van der Waals surface area contributed by atoms with Gasteiger partial charge in [0.15, 0.2) is 0 Å². The van der Waals surface area contributed by atoms with Gasteiger partial charge in [0.05, 0.1) is 39.7 Å². The molecule has 0 aromatic heterocycles. The second-order valence-corrected chi connectivity index (χ2v) is 9.91. The maximum atomic E-state index is 12.7. The van der Waals surface area contributed by atoms with Crippen molar-refractivity contribution in [1.82, 2.24) is 0 Å². The Morgan fingerprint density at radius 2 is 1.90 bits per heavy atom. The minimum atomic E-state index is -3.05. The van der Waals surface area contributed by atoms with Crippen molar-refractivity contribution in [3.8, 4) is 5.75 Å². The number of hydrogen-bond acceptors (Lipinski definition) is 8. The molecule has 0 bridgehead atoms. The van der Waals surface area contributed by atoms with Gasteiger partial charge in [0.2, 0.25) is 0 Å². The van der Waals surface area contributed by atoms with Gasteiger partial charge >= 0.3 is 12.1 Å². The monoisotopic (exact) mass is 444 g/mol. The van der Waals surface area contributed by atoms with Crippen molar-refractivity contribution in [2.75, 3.05) is 19.5 Å². The van der Waals surface area contributed by atoms with Crippen LogP contribution in [0.15, 0.2) is 22.6 Å². The third kappa shape index (κ3) is 10.2. The second kappa shape index (κ2) is 10.9. The van der Waals surface area contributed by atoms with Crippen LogP contribution in [0.1, 0.15) is 46.1 Å². The number of ether oxygens (including phenoxy) is 3. The number of nitro groups is 1. The number of non-ortho nitro benzene ring substituents is 1. The molecule has 0 aliphatic heterocycles. The molecular weight excluding hydrogens is 416 g/mol. The molecule has 0 aliphatic carbocycles. The molecule has 0 N–H and O–H groups in total. The summed E-state index contributed by atoms with van der Waals surface area (Å²) in [7, 11) is -3.05. The van der Waals surface area contributed by atoms with Crippen LogP contribution in [0.25, 0.3) is 0 Å². The van der Waals surface area contributed by atoms with E-state index >= 15 is 0 Å². The quantitative estimate of drug-likeness (QED) is 0.243. The topological polar surface area (TPSA) is 134 Å². The van der Waals surface area contributed by atoms with Gasteiger partial charge < -0.3 is 14.2 Å². The molecule has 168 valence electrons. The number of rotatable bonds is 9. The van der Waals surface area contributed by atoms with E-state index in [-0.39, 0.29) is 36.2 Å². The van der Waals surface area contributed by atoms with Crippen LogP contribution in [0.4, 0.5) is 10.5 Å². The Kier molecular flexibility index (Phi) is 9.22. The summed E-state index contributed by atoms with van der Waals surface area (Å²) in [5, 5.41) is 11.2. The first kappa shape index (κ1) is 25.3. The molecule has 1 rings (SSSR count). The lowest BCUT2D eigenvalue weighted by atomic mass is 10.2. The Morgan fingerprint density at radius 1 is 1.23 bits per heavy atom. The standard InChI is InChI=1S/C19H28N2O8S/c1-6-27-17(22)8-7-9-28-16-11-14(10-15(12-16)21(24)25)13-30(5,26)20-18(23)29-19(2,3)4/h10-12H,6-9,13H2,1-5H3. The number of carbonyl (C=O) groups is 2. The van der Waals surface area contributed by atoms with Crippen LogP contribution in [0.3, 0.4) is 0 Å². The van der Waals surface area contributed by atoms with Crippen molar-refractivity contribution >= 4 is 27.5 Å². The lowest BCUT2D eigenvalue weighted by Gasteiger charge is -2.17. The number of carbonyl (C=O) groups excluding carboxylic acids is 2. The molecule has 0 saturated heterocycles. The van der Waals surface area contributed by atoms with Gasteiger partial charge in [-0.15, -0.1) is 4.36 Å². The van der Waals surface area contributed by atoms with E-state index in [1.165, 1.54) is 24.5 Å². The Bertz CT molecular complexity index is 898. The smallest absolute Gasteiger partial charge is 0.442 e. The van der Waals surface area contributed by atoms with Gasteiger partial charge in [0.25, 0.3) is 5.69 Å². The van der Waals surface area contributed by atoms with Gasteiger partial charge in [0.1, 0.15) is 11.4 Å². The molecule has 1 amide bonds. The highest BCUT2D eigenvalue weighted by molar-refractivity contribution is 7.92. The normalized spacial score (nSPS) is 13.1. The molecule has 0 saturated carbocycles. The molecule has 1 atom stereocenters. The zero-order valence-electron chi connectivity index (χ0n) is 17.8. The van der Waals surface area contributed by atoms with Crippen LogP contribution >= 0.6 is 0 Å². The molecule has 1 aromatic rings. The number of nitro benzene ring substituents is 1. The first-order chi connectivity index (χ1) is 13.8. The molecule has 10 nitrogen and oxygen atoms in total. The summed E-state index contributed by atoms with van der Waals surface area (Å²) >= 11 is 0. The van der Waals surface area contributed by atoms with Gasteiger partial charge in [-0.25, -0.2) is 9.00 Å². The maximum Gasteiger partial charge on any atom is 0.442 e. The minimum absolute atomic E-state index is 0.142. The van der Waals surface area contributed by atoms with E-state index in [4.69, 9.17) is 14.2 Å². The van der Waals surface area contributed by atoms with Crippen LogP contribution in [0.5, 0.6) is 5.75 Å². The first-order valence-corrected chi connectivity index (χ1v) is 11.4. The highest BCUT2D eigenvalue weighted by Crippen LogP contribution is 2.25. The molecule has 0 aliphatic rings. The third-order valence-electron chi connectivity index (χ3n) is 3.36. The molecule has 0 heterocycles. The Balaban J connectivity index is 2.93. The van der Waals surface area contributed by atoms with Crippen LogP contribution in [0.2, 0.25) is 0 Å². The molecule has 0 radical (unpaired) electrons. The molecule has 11 heteroatoms. The summed E-state index contributed by atoms with van der Waals surface area (Å²) in [6.45, 7) is 7.11. The molecule has 0 fully saturated rings. The zero-order valence-corrected chi connectivity index (χ0v) is 18.7. The Hall–Kier alpha value is -2.69. The fourth-order valence-corrected chi connectivity index (χ4v) is 3.54. The van der Waals surface area contributed by atoms with E-state index in [9.17, 15) is 23.9 Å². The number of hydrogen-bond donors (Lipinski definition) is 0. The highest BCUT2D eigenvalue weighted by atomic mass is 32.2. The first-order valence-electron chi connectivity index (χ1n) is 9.31. The van der Waals surface area contributed by atoms with Crippen molar-refractivity contribution in [3.05, 3.63) is 33.9 Å². The zero-order chi connectivity index (χ0) is 22.9. The molecule has 30 heavy (non-hydrogen) atoms. The van der Waals surface area contributed by atoms with Crippen molar-refractivity contribution < 1.29 is 32.9 Å². The fraction of sp³-hybridized carbons (Fsp3) is 0.579. The average Bonchev–Trinajstić information content (AvgIpc) is 2.55. The van der Waals surface area contributed by atoms with Crippen molar-refractivity contribution in [2.45, 2.75) is 51.9 Å². The largest absolute Gasteiger partial charge is 0.493 e. The number of amides is 1. The summed E-state index contributed by atoms with van der Waals surface area (Å²) in [6.07, 6.45) is 0.842. The van der Waals surface area contributed by atoms with Gasteiger partial charge in [-0.3, -0.25) is 14.9 Å². The van der Waals surface area contributed by atoms with Crippen LogP contribution in [-0.2, 0) is 29.8 Å². The third-order valence-corrected chi connectivity index (χ3v) is 4.76. The average molecular weight is 445 g/mol. The van der Waals surface area contributed by atoms with Gasteiger partial charge in [-0.2, -0.15) is 0 Å². The lowest BCUT2D eigenvalue weighted by molar-refractivity contribution is -0.385. The van der Waals surface area contributed by atoms with E-state index in [0.29, 0.717) is 18.6 Å². The Labute approximate surface area is 176 Å². The van der Waals surface area contributed by atoms with Crippen molar-refractivity contribution in [2.24, 2.45) is 4.36 Å². The summed E-state index contributed by atoms with van der Waals surface area (Å²) in [4.78, 5) is 33.8. The van der Waals surface area contributed by atoms with Gasteiger partial charge in [-0.1, -0.05) is 0 Å². The summed E-state index contributed by atoms with van der Waals surface area (Å²) < 4.78 is 31.7. The van der Waals surface area contributed by atoms with E-state index in [0.717, 1.165) is 0 Å². The van der Waals surface area contributed by atoms with Crippen LogP contribution in [0, 0.1) is 10.1 Å². The number of esters is 1. The molecular formula is C19H28N2O8S. The maximum absolute atomic E-state index is 12.7. The van der Waals surface area contributed by atoms with E-state index in [2.05, 4.69) is 4.36 Å². The molecule has 1 unspecified atom stereocenters. The van der Waals surface area contributed by atoms with E-state index in [1.807, 2.05) is 0 Å². The van der Waals surface area contributed by atoms with Gasteiger partial charge in [0, 0.05) is 18.7 Å². The number of benzene rings is 1. The van der Waals surface area contributed by atoms with Crippen molar-refractivity contribution in [1.29, 1.82) is 0 Å². The summed E-state index contributed by atoms with van der Waals surface area (Å²) in [5.74, 6) is -0.363. The van der Waals surface area contributed by atoms with E-state index < -0.39 is 26.3 Å². The van der Waals surface area contributed by atoms with Crippen LogP contribution in [-0.4, -0.2) is 46.3 Å². The van der Waals surface area contributed by atoms with Crippen molar-refractivity contribution in [3.63, 3.8) is 0 Å². The summed E-state index contributed by atoms with van der Waals surface area (Å²) in [5.41, 5.74) is -0.712. The van der Waals surface area contributed by atoms with Gasteiger partial charge in [-0.05, 0) is 45.7 Å². The SMILES string of the molecule is CCOC(=O)CCCOc1cc(CS(C)(=O)=NC(=O)OC(C)(C)C)cc([N+](=O)[O-])c1. The predicted molar refractivity (Wildman–Crippen MR) is 111 cm³/mol. The Morgan fingerprint density at radius 3 is 2.47 bits per heavy atom. The predicted octanol–water partition coefficient (Wildman–Crippen LogP) is 3.85. The van der Waals surface area contributed by atoms with E-state index in [1.54, 1.807) is 27.7 Å². The minimum Gasteiger partial charge on any atom is -0.493 e. The second-order valence-electron chi connectivity index (χ2n) is 7.52. The van der Waals surface area contributed by atoms with Crippen LogP contribution < -0.4 is 4.74 Å². The molecule has 1 aromatic carbocycles. The fourth-order valence-electron chi connectivity index (χ4n) is 2.33. The molecule has 0 spiro atoms. The lowest BCUT2D eigenvalue weighted by Crippen LogP contribution is -2.22. The number of nitrogens with zero attached hydrogens (tertiary/aromatic N) is 2.